The number of amides is 1. The molecule has 4 aromatic rings. The van der Waals surface area contributed by atoms with E-state index in [1.807, 2.05) is 18.2 Å². The molecule has 0 radical (unpaired) electrons. The summed E-state index contributed by atoms with van der Waals surface area (Å²) in [5.41, 5.74) is 5.09. The van der Waals surface area contributed by atoms with Crippen LogP contribution >= 0.6 is 0 Å². The molecule has 0 saturated heterocycles. The standard InChI is InChI=1S/C26H23N3O4/c1-3-16-7-9-17(10-8-16)24-21-22(20-6-5-15-33-20)27-28-23(21)25(30)29(24)19-13-11-18(12-14-19)26(31)32-4-2/h5-15,24H,3-4H2,1-2H3,(H,27,28)/t24-/m1/s1. The Balaban J connectivity index is 1.62. The first-order valence-corrected chi connectivity index (χ1v) is 10.9. The number of nitrogens with zero attached hydrogens (tertiary/aromatic N) is 2. The number of esters is 1. The highest BCUT2D eigenvalue weighted by Crippen LogP contribution is 2.45. The van der Waals surface area contributed by atoms with Gasteiger partial charge >= 0.3 is 5.97 Å². The zero-order valence-electron chi connectivity index (χ0n) is 18.4. The Morgan fingerprint density at radius 3 is 2.48 bits per heavy atom. The van der Waals surface area contributed by atoms with E-state index in [9.17, 15) is 9.59 Å². The second-order valence-electron chi connectivity index (χ2n) is 7.78. The van der Waals surface area contributed by atoms with Gasteiger partial charge in [-0.25, -0.2) is 4.79 Å². The quantitative estimate of drug-likeness (QED) is 0.418. The second-order valence-corrected chi connectivity index (χ2v) is 7.78. The average molecular weight is 441 g/mol. The molecular weight excluding hydrogens is 418 g/mol. The van der Waals surface area contributed by atoms with Crippen LogP contribution in [-0.2, 0) is 11.2 Å². The molecule has 1 aliphatic rings. The zero-order valence-corrected chi connectivity index (χ0v) is 18.4. The lowest BCUT2D eigenvalue weighted by Crippen LogP contribution is -2.29. The summed E-state index contributed by atoms with van der Waals surface area (Å²) in [6.45, 7) is 4.17. The monoisotopic (exact) mass is 441 g/mol. The van der Waals surface area contributed by atoms with Gasteiger partial charge in [0.15, 0.2) is 11.5 Å². The number of aromatic amines is 1. The van der Waals surface area contributed by atoms with Crippen LogP contribution in [0.15, 0.2) is 71.3 Å². The van der Waals surface area contributed by atoms with Crippen LogP contribution < -0.4 is 4.90 Å². The number of rotatable bonds is 6. The molecule has 7 nitrogen and oxygen atoms in total. The fourth-order valence-electron chi connectivity index (χ4n) is 4.24. The molecule has 0 bridgehead atoms. The van der Waals surface area contributed by atoms with Crippen LogP contribution in [0.2, 0.25) is 0 Å². The van der Waals surface area contributed by atoms with Crippen molar-refractivity contribution in [2.75, 3.05) is 11.5 Å². The number of H-pyrrole nitrogens is 1. The van der Waals surface area contributed by atoms with Gasteiger partial charge < -0.3 is 9.15 Å². The maximum Gasteiger partial charge on any atom is 0.338 e. The summed E-state index contributed by atoms with van der Waals surface area (Å²) >= 11 is 0. The number of aromatic nitrogens is 2. The Kier molecular flexibility index (Phi) is 5.30. The Labute approximate surface area is 191 Å². The third-order valence-electron chi connectivity index (χ3n) is 5.88. The van der Waals surface area contributed by atoms with E-state index in [1.165, 1.54) is 5.56 Å². The molecule has 2 aromatic heterocycles. The summed E-state index contributed by atoms with van der Waals surface area (Å²) in [6.07, 6.45) is 2.52. The SMILES string of the molecule is CCOC(=O)c1ccc(N2C(=O)c3n[nH]c(-c4ccco4)c3[C@H]2c2ccc(CC)cc2)cc1. The lowest BCUT2D eigenvalue weighted by molar-refractivity contribution is 0.0526. The van der Waals surface area contributed by atoms with Gasteiger partial charge in [-0.05, 0) is 60.9 Å². The molecule has 3 heterocycles. The van der Waals surface area contributed by atoms with Crippen molar-refractivity contribution < 1.29 is 18.7 Å². The highest BCUT2D eigenvalue weighted by molar-refractivity contribution is 6.11. The fraction of sp³-hybridized carbons (Fsp3) is 0.192. The zero-order chi connectivity index (χ0) is 22.9. The predicted molar refractivity (Wildman–Crippen MR) is 123 cm³/mol. The first-order chi connectivity index (χ1) is 16.1. The highest BCUT2D eigenvalue weighted by atomic mass is 16.5. The maximum absolute atomic E-state index is 13.5. The Morgan fingerprint density at radius 1 is 1.09 bits per heavy atom. The van der Waals surface area contributed by atoms with Gasteiger partial charge in [-0.15, -0.1) is 0 Å². The van der Waals surface area contributed by atoms with E-state index in [-0.39, 0.29) is 5.91 Å². The van der Waals surface area contributed by atoms with Gasteiger partial charge in [-0.1, -0.05) is 31.2 Å². The molecule has 2 aromatic carbocycles. The Morgan fingerprint density at radius 2 is 1.85 bits per heavy atom. The molecule has 1 N–H and O–H groups in total. The maximum atomic E-state index is 13.5. The molecule has 0 unspecified atom stereocenters. The summed E-state index contributed by atoms with van der Waals surface area (Å²) in [4.78, 5) is 27.3. The molecule has 33 heavy (non-hydrogen) atoms. The number of carbonyl (C=O) groups excluding carboxylic acids is 2. The average Bonchev–Trinajstić information content (AvgIpc) is 3.57. The smallest absolute Gasteiger partial charge is 0.338 e. The summed E-state index contributed by atoms with van der Waals surface area (Å²) in [5.74, 6) is 0.00973. The van der Waals surface area contributed by atoms with Gasteiger partial charge in [-0.2, -0.15) is 5.10 Å². The largest absolute Gasteiger partial charge is 0.463 e. The Hall–Kier alpha value is -4.13. The Bertz CT molecular complexity index is 1290. The molecule has 7 heteroatoms. The third-order valence-corrected chi connectivity index (χ3v) is 5.88. The second kappa shape index (κ2) is 8.43. The minimum absolute atomic E-state index is 0.215. The van der Waals surface area contributed by atoms with Crippen molar-refractivity contribution in [1.29, 1.82) is 0 Å². The molecular formula is C26H23N3O4. The number of nitrogens with one attached hydrogen (secondary N) is 1. The lowest BCUT2D eigenvalue weighted by Gasteiger charge is -2.26. The molecule has 0 spiro atoms. The van der Waals surface area contributed by atoms with Crippen LogP contribution in [0.4, 0.5) is 5.69 Å². The van der Waals surface area contributed by atoms with E-state index in [1.54, 1.807) is 48.4 Å². The van der Waals surface area contributed by atoms with Gasteiger partial charge in [0.2, 0.25) is 0 Å². The van der Waals surface area contributed by atoms with Crippen LogP contribution in [0.25, 0.3) is 11.5 Å². The van der Waals surface area contributed by atoms with Gasteiger partial charge in [0.25, 0.3) is 5.91 Å². The lowest BCUT2D eigenvalue weighted by atomic mass is 9.96. The van der Waals surface area contributed by atoms with Crippen molar-refractivity contribution in [1.82, 2.24) is 10.2 Å². The summed E-state index contributed by atoms with van der Waals surface area (Å²) in [7, 11) is 0. The van der Waals surface area contributed by atoms with Crippen molar-refractivity contribution in [3.05, 3.63) is 94.9 Å². The van der Waals surface area contributed by atoms with Gasteiger partial charge in [0, 0.05) is 11.3 Å². The minimum atomic E-state index is -0.398. The van der Waals surface area contributed by atoms with E-state index >= 15 is 0 Å². The number of aryl methyl sites for hydroxylation is 1. The number of hydrogen-bond acceptors (Lipinski definition) is 5. The van der Waals surface area contributed by atoms with E-state index in [0.29, 0.717) is 35.0 Å². The summed E-state index contributed by atoms with van der Waals surface area (Å²) in [5, 5.41) is 7.33. The number of ether oxygens (including phenoxy) is 1. The van der Waals surface area contributed by atoms with Crippen molar-refractivity contribution in [2.45, 2.75) is 26.3 Å². The predicted octanol–water partition coefficient (Wildman–Crippen LogP) is 5.16. The van der Waals surface area contributed by atoms with E-state index < -0.39 is 12.0 Å². The summed E-state index contributed by atoms with van der Waals surface area (Å²) in [6, 6.07) is 18.4. The molecule has 0 aliphatic carbocycles. The van der Waals surface area contributed by atoms with Gasteiger partial charge in [0.05, 0.1) is 24.5 Å². The van der Waals surface area contributed by atoms with E-state index in [4.69, 9.17) is 9.15 Å². The normalized spacial score (nSPS) is 15.0. The van der Waals surface area contributed by atoms with Gasteiger partial charge in [0.1, 0.15) is 5.69 Å². The highest BCUT2D eigenvalue weighted by Gasteiger charge is 2.43. The molecule has 166 valence electrons. The van der Waals surface area contributed by atoms with Crippen molar-refractivity contribution in [2.24, 2.45) is 0 Å². The number of benzene rings is 2. The van der Waals surface area contributed by atoms with Gasteiger partial charge in [-0.3, -0.25) is 14.8 Å². The molecule has 0 saturated carbocycles. The minimum Gasteiger partial charge on any atom is -0.463 e. The number of fused-ring (bicyclic) bond motifs is 1. The van der Waals surface area contributed by atoms with Crippen LogP contribution in [0, 0.1) is 0 Å². The van der Waals surface area contributed by atoms with Crippen molar-refractivity contribution in [3.63, 3.8) is 0 Å². The number of hydrogen-bond donors (Lipinski definition) is 1. The van der Waals surface area contributed by atoms with Crippen molar-refractivity contribution >= 4 is 17.6 Å². The van der Waals surface area contributed by atoms with E-state index in [2.05, 4.69) is 29.3 Å². The van der Waals surface area contributed by atoms with E-state index in [0.717, 1.165) is 17.5 Å². The number of furan rings is 1. The van der Waals surface area contributed by atoms with Crippen LogP contribution in [0.3, 0.4) is 0 Å². The summed E-state index contributed by atoms with van der Waals surface area (Å²) < 4.78 is 10.7. The number of anilines is 1. The van der Waals surface area contributed by atoms with Crippen LogP contribution in [0.1, 0.15) is 57.4 Å². The topological polar surface area (TPSA) is 88.4 Å². The number of carbonyl (C=O) groups is 2. The first kappa shape index (κ1) is 20.8. The molecule has 5 rings (SSSR count). The third kappa shape index (κ3) is 3.51. The van der Waals surface area contributed by atoms with Crippen LogP contribution in [-0.4, -0.2) is 28.7 Å². The van der Waals surface area contributed by atoms with Crippen LogP contribution in [0.5, 0.6) is 0 Å². The van der Waals surface area contributed by atoms with Crippen molar-refractivity contribution in [3.8, 4) is 11.5 Å². The molecule has 1 atom stereocenters. The fourth-order valence-corrected chi connectivity index (χ4v) is 4.24. The molecule has 1 amide bonds. The molecule has 1 aliphatic heterocycles. The molecule has 0 fully saturated rings. The first-order valence-electron chi connectivity index (χ1n) is 10.9.